The fourth-order valence-corrected chi connectivity index (χ4v) is 2.26. The molecular weight excluding hydrogens is 194 g/mol. The number of hydrogen-bond donors (Lipinski definition) is 0. The largest absolute Gasteiger partial charge is 0.495 e. The summed E-state index contributed by atoms with van der Waals surface area (Å²) in [4.78, 5) is 5.30. The lowest BCUT2D eigenvalue weighted by Gasteiger charge is -2.03. The van der Waals surface area contributed by atoms with Crippen LogP contribution in [0.5, 0.6) is 5.75 Å². The van der Waals surface area contributed by atoms with E-state index in [-0.39, 0.29) is 0 Å². The molecule has 72 valence electrons. The molecule has 0 amide bonds. The Morgan fingerprint density at radius 2 is 2.29 bits per heavy atom. The van der Waals surface area contributed by atoms with Crippen molar-refractivity contribution in [3.63, 3.8) is 0 Å². The summed E-state index contributed by atoms with van der Waals surface area (Å²) in [6, 6.07) is 3.97. The summed E-state index contributed by atoms with van der Waals surface area (Å²) < 4.78 is 5.35. The smallest absolute Gasteiger partial charge is 0.140 e. The van der Waals surface area contributed by atoms with E-state index in [1.54, 1.807) is 24.6 Å². The van der Waals surface area contributed by atoms with Crippen LogP contribution in [0.25, 0.3) is 11.1 Å². The number of aromatic nitrogens is 1. The van der Waals surface area contributed by atoms with Crippen LogP contribution in [0.2, 0.25) is 0 Å². The molecule has 0 spiro atoms. The number of nitrogens with zero attached hydrogens (tertiary/aromatic N) is 1. The molecule has 2 aromatic heterocycles. The van der Waals surface area contributed by atoms with Crippen LogP contribution in [0, 0.1) is 6.92 Å². The molecule has 14 heavy (non-hydrogen) atoms. The normalized spacial score (nSPS) is 10.1. The average Bonchev–Trinajstić information content (AvgIpc) is 2.61. The molecule has 0 aliphatic rings. The van der Waals surface area contributed by atoms with Crippen molar-refractivity contribution in [2.75, 3.05) is 7.11 Å². The van der Waals surface area contributed by atoms with Gasteiger partial charge in [-0.25, -0.2) is 0 Å². The van der Waals surface area contributed by atoms with Crippen molar-refractivity contribution >= 4 is 11.3 Å². The molecule has 0 N–H and O–H groups in total. The van der Waals surface area contributed by atoms with Gasteiger partial charge in [-0.15, -0.1) is 11.3 Å². The number of hydrogen-bond acceptors (Lipinski definition) is 3. The van der Waals surface area contributed by atoms with E-state index < -0.39 is 0 Å². The Labute approximate surface area is 87.2 Å². The van der Waals surface area contributed by atoms with Gasteiger partial charge in [0.25, 0.3) is 0 Å². The van der Waals surface area contributed by atoms with Crippen molar-refractivity contribution in [3.05, 3.63) is 34.8 Å². The van der Waals surface area contributed by atoms with E-state index in [0.29, 0.717) is 0 Å². The highest BCUT2D eigenvalue weighted by atomic mass is 32.1. The molecule has 0 bridgehead atoms. The maximum Gasteiger partial charge on any atom is 0.140 e. The van der Waals surface area contributed by atoms with Crippen LogP contribution in [-0.4, -0.2) is 12.1 Å². The monoisotopic (exact) mass is 205 g/mol. The topological polar surface area (TPSA) is 22.1 Å². The second-order valence-electron chi connectivity index (χ2n) is 2.98. The summed E-state index contributed by atoms with van der Waals surface area (Å²) >= 11 is 1.70. The molecule has 0 fully saturated rings. The van der Waals surface area contributed by atoms with Crippen molar-refractivity contribution in [3.8, 4) is 16.9 Å². The number of methoxy groups -OCH3 is 1. The standard InChI is InChI=1S/C11H11NOS/c1-8-11(13-2)10(7-14-8)9-4-3-5-12-6-9/h3-7H,1-2H3. The van der Waals surface area contributed by atoms with E-state index in [0.717, 1.165) is 16.9 Å². The van der Waals surface area contributed by atoms with Gasteiger partial charge in [0.2, 0.25) is 0 Å². The van der Waals surface area contributed by atoms with Crippen molar-refractivity contribution in [2.24, 2.45) is 0 Å². The molecular formula is C11H11NOS. The first kappa shape index (κ1) is 9.21. The van der Waals surface area contributed by atoms with Gasteiger partial charge >= 0.3 is 0 Å². The first-order valence-electron chi connectivity index (χ1n) is 4.35. The van der Waals surface area contributed by atoms with Gasteiger partial charge in [-0.1, -0.05) is 6.07 Å². The number of thiophene rings is 1. The van der Waals surface area contributed by atoms with Crippen LogP contribution in [0.1, 0.15) is 4.88 Å². The molecule has 2 nitrogen and oxygen atoms in total. The summed E-state index contributed by atoms with van der Waals surface area (Å²) in [5, 5.41) is 2.10. The molecule has 0 aliphatic carbocycles. The van der Waals surface area contributed by atoms with Gasteiger partial charge in [0.05, 0.1) is 7.11 Å². The Morgan fingerprint density at radius 1 is 1.43 bits per heavy atom. The first-order valence-corrected chi connectivity index (χ1v) is 5.23. The zero-order valence-electron chi connectivity index (χ0n) is 8.15. The lowest BCUT2D eigenvalue weighted by molar-refractivity contribution is 0.415. The van der Waals surface area contributed by atoms with Crippen molar-refractivity contribution in [2.45, 2.75) is 6.92 Å². The number of pyridine rings is 1. The van der Waals surface area contributed by atoms with Gasteiger partial charge in [-0.05, 0) is 13.0 Å². The Hall–Kier alpha value is -1.35. The SMILES string of the molecule is COc1c(-c2cccnc2)csc1C. The molecule has 0 saturated carbocycles. The minimum atomic E-state index is 0.961. The average molecular weight is 205 g/mol. The Bertz CT molecular complexity index is 422. The zero-order chi connectivity index (χ0) is 9.97. The molecule has 0 radical (unpaired) electrons. The van der Waals surface area contributed by atoms with Crippen LogP contribution in [0.3, 0.4) is 0 Å². The molecule has 0 aliphatic heterocycles. The molecule has 2 heterocycles. The minimum absolute atomic E-state index is 0.961. The van der Waals surface area contributed by atoms with Crippen molar-refractivity contribution in [1.29, 1.82) is 0 Å². The molecule has 0 saturated heterocycles. The lowest BCUT2D eigenvalue weighted by atomic mass is 10.1. The van der Waals surface area contributed by atoms with Crippen LogP contribution >= 0.6 is 11.3 Å². The van der Waals surface area contributed by atoms with E-state index in [1.807, 2.05) is 18.3 Å². The highest BCUT2D eigenvalue weighted by molar-refractivity contribution is 7.10. The van der Waals surface area contributed by atoms with Gasteiger partial charge in [0.1, 0.15) is 5.75 Å². The summed E-state index contributed by atoms with van der Waals surface area (Å²) in [5.41, 5.74) is 2.23. The summed E-state index contributed by atoms with van der Waals surface area (Å²) in [7, 11) is 1.70. The van der Waals surface area contributed by atoms with Gasteiger partial charge < -0.3 is 4.74 Å². The first-order chi connectivity index (χ1) is 6.83. The molecule has 0 atom stereocenters. The third-order valence-electron chi connectivity index (χ3n) is 2.09. The third kappa shape index (κ3) is 1.51. The molecule has 3 heteroatoms. The van der Waals surface area contributed by atoms with Crippen LogP contribution < -0.4 is 4.74 Å². The predicted molar refractivity (Wildman–Crippen MR) is 58.8 cm³/mol. The molecule has 2 rings (SSSR count). The maximum atomic E-state index is 5.35. The summed E-state index contributed by atoms with van der Waals surface area (Å²) in [6.07, 6.45) is 3.62. The van der Waals surface area contributed by atoms with Gasteiger partial charge in [-0.3, -0.25) is 4.98 Å². The maximum absolute atomic E-state index is 5.35. The Kier molecular flexibility index (Phi) is 2.50. The van der Waals surface area contributed by atoms with Crippen molar-refractivity contribution < 1.29 is 4.74 Å². The van der Waals surface area contributed by atoms with Gasteiger partial charge in [-0.2, -0.15) is 0 Å². The van der Waals surface area contributed by atoms with E-state index in [9.17, 15) is 0 Å². The summed E-state index contributed by atoms with van der Waals surface area (Å²) in [6.45, 7) is 2.06. The van der Waals surface area contributed by atoms with Crippen LogP contribution in [0.4, 0.5) is 0 Å². The highest BCUT2D eigenvalue weighted by Crippen LogP contribution is 2.36. The predicted octanol–water partition coefficient (Wildman–Crippen LogP) is 3.13. The fraction of sp³-hybridized carbons (Fsp3) is 0.182. The van der Waals surface area contributed by atoms with Crippen LogP contribution in [-0.2, 0) is 0 Å². The highest BCUT2D eigenvalue weighted by Gasteiger charge is 2.10. The summed E-state index contributed by atoms with van der Waals surface area (Å²) in [5.74, 6) is 0.961. The van der Waals surface area contributed by atoms with Crippen molar-refractivity contribution in [1.82, 2.24) is 4.98 Å². The van der Waals surface area contributed by atoms with E-state index in [2.05, 4.69) is 17.3 Å². The fourth-order valence-electron chi connectivity index (χ4n) is 1.42. The molecule has 2 aromatic rings. The second-order valence-corrected chi connectivity index (χ2v) is 4.06. The van der Waals surface area contributed by atoms with Gasteiger partial charge in [0.15, 0.2) is 0 Å². The number of ether oxygens (including phenoxy) is 1. The molecule has 0 aromatic carbocycles. The van der Waals surface area contributed by atoms with Crippen LogP contribution in [0.15, 0.2) is 29.9 Å². The lowest BCUT2D eigenvalue weighted by Crippen LogP contribution is -1.85. The van der Waals surface area contributed by atoms with E-state index >= 15 is 0 Å². The second kappa shape index (κ2) is 3.80. The van der Waals surface area contributed by atoms with E-state index in [4.69, 9.17) is 4.74 Å². The van der Waals surface area contributed by atoms with E-state index in [1.165, 1.54) is 4.88 Å². The number of aryl methyl sites for hydroxylation is 1. The minimum Gasteiger partial charge on any atom is -0.495 e. The Balaban J connectivity index is 2.52. The molecule has 0 unspecified atom stereocenters. The zero-order valence-corrected chi connectivity index (χ0v) is 8.97. The quantitative estimate of drug-likeness (QED) is 0.751. The number of rotatable bonds is 2. The Morgan fingerprint density at radius 3 is 2.93 bits per heavy atom. The van der Waals surface area contributed by atoms with Gasteiger partial charge in [0, 0.05) is 33.8 Å². The third-order valence-corrected chi connectivity index (χ3v) is 2.99.